The van der Waals surface area contributed by atoms with E-state index < -0.39 is 0 Å². The summed E-state index contributed by atoms with van der Waals surface area (Å²) in [7, 11) is 2.19. The van der Waals surface area contributed by atoms with E-state index in [1.54, 1.807) is 0 Å². The van der Waals surface area contributed by atoms with Gasteiger partial charge >= 0.3 is 0 Å². The standard InChI is InChI=1S/C11H17N5/c1-7-3-10(12)14-11(13-7)16-6-8-4-9(16)5-15(8)2/h3,8-9H,4-6H2,1-2H3,(H2,12,13,14)/t8-,9-/m0/s1. The van der Waals surface area contributed by atoms with Crippen molar-refractivity contribution in [1.82, 2.24) is 14.9 Å². The highest BCUT2D eigenvalue weighted by Crippen LogP contribution is 2.32. The number of aryl methyl sites for hydroxylation is 1. The van der Waals surface area contributed by atoms with E-state index in [2.05, 4.69) is 26.8 Å². The van der Waals surface area contributed by atoms with Gasteiger partial charge in [0.05, 0.1) is 0 Å². The molecular formula is C11H17N5. The van der Waals surface area contributed by atoms with Crippen LogP contribution < -0.4 is 10.6 Å². The molecule has 2 saturated heterocycles. The minimum atomic E-state index is 0.566. The molecular weight excluding hydrogens is 202 g/mol. The molecule has 3 rings (SSSR count). The zero-order chi connectivity index (χ0) is 11.3. The average molecular weight is 219 g/mol. The lowest BCUT2D eigenvalue weighted by Crippen LogP contribution is -2.45. The summed E-state index contributed by atoms with van der Waals surface area (Å²) >= 11 is 0. The average Bonchev–Trinajstić information content (AvgIpc) is 2.74. The van der Waals surface area contributed by atoms with E-state index in [1.165, 1.54) is 6.42 Å². The second-order valence-electron chi connectivity index (χ2n) is 4.87. The minimum absolute atomic E-state index is 0.566. The van der Waals surface area contributed by atoms with Crippen LogP contribution in [0.1, 0.15) is 12.1 Å². The number of nitrogen functional groups attached to an aromatic ring is 1. The number of piperazine rings is 1. The van der Waals surface area contributed by atoms with Crippen molar-refractivity contribution in [3.8, 4) is 0 Å². The molecule has 0 unspecified atom stereocenters. The fourth-order valence-corrected chi connectivity index (χ4v) is 2.82. The second kappa shape index (κ2) is 3.31. The summed E-state index contributed by atoms with van der Waals surface area (Å²) in [4.78, 5) is 13.5. The Kier molecular flexibility index (Phi) is 2.04. The quantitative estimate of drug-likeness (QED) is 0.734. The van der Waals surface area contributed by atoms with Crippen LogP contribution in [0.3, 0.4) is 0 Å². The zero-order valence-electron chi connectivity index (χ0n) is 9.72. The van der Waals surface area contributed by atoms with E-state index in [-0.39, 0.29) is 0 Å². The predicted octanol–water partition coefficient (Wildman–Crippen LogP) is 0.260. The van der Waals surface area contributed by atoms with Crippen molar-refractivity contribution in [2.75, 3.05) is 30.8 Å². The van der Waals surface area contributed by atoms with Crippen LogP contribution in [0.5, 0.6) is 0 Å². The molecule has 0 aromatic carbocycles. The van der Waals surface area contributed by atoms with Crippen molar-refractivity contribution in [3.63, 3.8) is 0 Å². The normalized spacial score (nSPS) is 29.0. The summed E-state index contributed by atoms with van der Waals surface area (Å²) in [5.41, 5.74) is 6.71. The zero-order valence-corrected chi connectivity index (χ0v) is 9.72. The van der Waals surface area contributed by atoms with E-state index in [4.69, 9.17) is 5.73 Å². The molecule has 5 heteroatoms. The van der Waals surface area contributed by atoms with Gasteiger partial charge in [-0.1, -0.05) is 0 Å². The van der Waals surface area contributed by atoms with E-state index in [0.29, 0.717) is 17.9 Å². The minimum Gasteiger partial charge on any atom is -0.384 e. The summed E-state index contributed by atoms with van der Waals surface area (Å²) in [6, 6.07) is 3.04. The van der Waals surface area contributed by atoms with Gasteiger partial charge in [-0.15, -0.1) is 0 Å². The molecule has 5 nitrogen and oxygen atoms in total. The lowest BCUT2D eigenvalue weighted by molar-refractivity contribution is 0.291. The Balaban J connectivity index is 1.89. The number of fused-ring (bicyclic) bond motifs is 2. The van der Waals surface area contributed by atoms with E-state index in [1.807, 2.05) is 13.0 Å². The van der Waals surface area contributed by atoms with Gasteiger partial charge in [0.15, 0.2) is 0 Å². The molecule has 2 aliphatic heterocycles. The number of hydrogen-bond acceptors (Lipinski definition) is 5. The Morgan fingerprint density at radius 3 is 2.69 bits per heavy atom. The van der Waals surface area contributed by atoms with Gasteiger partial charge in [-0.25, -0.2) is 4.98 Å². The molecule has 2 fully saturated rings. The summed E-state index contributed by atoms with van der Waals surface area (Å²) in [5.74, 6) is 1.37. The molecule has 2 atom stereocenters. The molecule has 2 aliphatic rings. The van der Waals surface area contributed by atoms with Gasteiger partial charge < -0.3 is 10.6 Å². The van der Waals surface area contributed by atoms with Crippen LogP contribution in [0.2, 0.25) is 0 Å². The van der Waals surface area contributed by atoms with E-state index in [0.717, 1.165) is 24.7 Å². The number of aromatic nitrogens is 2. The van der Waals surface area contributed by atoms with Gasteiger partial charge in [0, 0.05) is 36.9 Å². The topological polar surface area (TPSA) is 58.3 Å². The molecule has 0 spiro atoms. The monoisotopic (exact) mass is 219 g/mol. The van der Waals surface area contributed by atoms with Crippen molar-refractivity contribution in [2.45, 2.75) is 25.4 Å². The Morgan fingerprint density at radius 1 is 1.31 bits per heavy atom. The van der Waals surface area contributed by atoms with Gasteiger partial charge in [-0.05, 0) is 20.4 Å². The number of likely N-dealkylation sites (N-methyl/N-ethyl adjacent to an activating group) is 1. The maximum atomic E-state index is 5.76. The van der Waals surface area contributed by atoms with Gasteiger partial charge in [0.2, 0.25) is 5.95 Å². The van der Waals surface area contributed by atoms with Crippen LogP contribution in [0.4, 0.5) is 11.8 Å². The number of hydrogen-bond donors (Lipinski definition) is 1. The lowest BCUT2D eigenvalue weighted by Gasteiger charge is -2.32. The van der Waals surface area contributed by atoms with Crippen molar-refractivity contribution < 1.29 is 0 Å². The fourth-order valence-electron chi connectivity index (χ4n) is 2.82. The number of likely N-dealkylation sites (tertiary alicyclic amines) is 1. The molecule has 0 radical (unpaired) electrons. The van der Waals surface area contributed by atoms with Crippen molar-refractivity contribution in [3.05, 3.63) is 11.8 Å². The number of anilines is 2. The first-order valence-electron chi connectivity index (χ1n) is 5.71. The van der Waals surface area contributed by atoms with Crippen LogP contribution in [0.25, 0.3) is 0 Å². The first-order chi connectivity index (χ1) is 7.63. The summed E-state index contributed by atoms with van der Waals surface area (Å²) in [5, 5.41) is 0. The fraction of sp³-hybridized carbons (Fsp3) is 0.636. The van der Waals surface area contributed by atoms with E-state index >= 15 is 0 Å². The summed E-state index contributed by atoms with van der Waals surface area (Å²) in [6.45, 7) is 4.11. The lowest BCUT2D eigenvalue weighted by atomic mass is 10.2. The Morgan fingerprint density at radius 2 is 2.12 bits per heavy atom. The molecule has 0 saturated carbocycles. The van der Waals surface area contributed by atoms with Gasteiger partial charge in [-0.3, -0.25) is 4.90 Å². The van der Waals surface area contributed by atoms with Crippen LogP contribution in [0, 0.1) is 6.92 Å². The third-order valence-electron chi connectivity index (χ3n) is 3.63. The molecule has 1 aromatic heterocycles. The largest absolute Gasteiger partial charge is 0.384 e. The van der Waals surface area contributed by atoms with Crippen molar-refractivity contribution >= 4 is 11.8 Å². The Hall–Kier alpha value is -1.36. The maximum absolute atomic E-state index is 5.76. The Labute approximate surface area is 95.3 Å². The van der Waals surface area contributed by atoms with Gasteiger partial charge in [0.1, 0.15) is 5.82 Å². The van der Waals surface area contributed by atoms with Crippen molar-refractivity contribution in [2.24, 2.45) is 0 Å². The van der Waals surface area contributed by atoms with Crippen molar-refractivity contribution in [1.29, 1.82) is 0 Å². The molecule has 86 valence electrons. The number of nitrogens with two attached hydrogens (primary N) is 1. The number of rotatable bonds is 1. The first-order valence-corrected chi connectivity index (χ1v) is 5.71. The third-order valence-corrected chi connectivity index (χ3v) is 3.63. The smallest absolute Gasteiger partial charge is 0.227 e. The first kappa shape index (κ1) is 9.84. The highest BCUT2D eigenvalue weighted by atomic mass is 15.4. The van der Waals surface area contributed by atoms with E-state index in [9.17, 15) is 0 Å². The molecule has 16 heavy (non-hydrogen) atoms. The second-order valence-corrected chi connectivity index (χ2v) is 4.87. The van der Waals surface area contributed by atoms with Gasteiger partial charge in [0.25, 0.3) is 0 Å². The third kappa shape index (κ3) is 1.43. The molecule has 1 aromatic rings. The molecule has 2 N–H and O–H groups in total. The summed E-state index contributed by atoms with van der Waals surface area (Å²) in [6.07, 6.45) is 1.23. The number of nitrogens with zero attached hydrogens (tertiary/aromatic N) is 4. The maximum Gasteiger partial charge on any atom is 0.227 e. The Bertz CT molecular complexity index is 397. The highest BCUT2D eigenvalue weighted by Gasteiger charge is 2.42. The molecule has 0 amide bonds. The molecule has 3 heterocycles. The van der Waals surface area contributed by atoms with Gasteiger partial charge in [-0.2, -0.15) is 4.98 Å². The summed E-state index contributed by atoms with van der Waals surface area (Å²) < 4.78 is 0. The van der Waals surface area contributed by atoms with Crippen LogP contribution in [-0.2, 0) is 0 Å². The predicted molar refractivity (Wildman–Crippen MR) is 63.4 cm³/mol. The van der Waals surface area contributed by atoms with Crippen LogP contribution in [-0.4, -0.2) is 47.1 Å². The highest BCUT2D eigenvalue weighted by molar-refractivity contribution is 5.43. The SMILES string of the molecule is Cc1cc(N)nc(N2C[C@@H]3C[C@H]2CN3C)n1. The molecule has 2 bridgehead atoms. The van der Waals surface area contributed by atoms with Crippen LogP contribution >= 0.6 is 0 Å². The van der Waals surface area contributed by atoms with Crippen LogP contribution in [0.15, 0.2) is 6.07 Å². The molecule has 0 aliphatic carbocycles.